The Hall–Kier alpha value is -1.16. The van der Waals surface area contributed by atoms with Gasteiger partial charge in [0.2, 0.25) is 5.78 Å². The summed E-state index contributed by atoms with van der Waals surface area (Å²) >= 11 is 17.4. The highest BCUT2D eigenvalue weighted by molar-refractivity contribution is 6.43. The predicted octanol–water partition coefficient (Wildman–Crippen LogP) is 5.16. The lowest BCUT2D eigenvalue weighted by atomic mass is 10.0. The van der Waals surface area contributed by atoms with Crippen molar-refractivity contribution in [3.63, 3.8) is 0 Å². The molecule has 0 atom stereocenters. The molecule has 1 nitrogen and oxygen atoms in total. The second-order valence-electron chi connectivity index (χ2n) is 3.67. The first-order valence-corrected chi connectivity index (χ1v) is 6.18. The van der Waals surface area contributed by atoms with Crippen LogP contribution in [0.1, 0.15) is 15.9 Å². The SMILES string of the molecule is O=C(c1c(F)cccc1F)c1c(Cl)cc(Cl)cc1Cl. The molecular weight excluding hydrogens is 316 g/mol. The summed E-state index contributed by atoms with van der Waals surface area (Å²) in [5, 5.41) is 0.0934. The van der Waals surface area contributed by atoms with Gasteiger partial charge >= 0.3 is 0 Å². The molecule has 0 amide bonds. The maximum absolute atomic E-state index is 13.6. The molecule has 19 heavy (non-hydrogen) atoms. The van der Waals surface area contributed by atoms with E-state index in [0.29, 0.717) is 0 Å². The van der Waals surface area contributed by atoms with Crippen LogP contribution in [0.5, 0.6) is 0 Å². The first kappa shape index (κ1) is 14.3. The lowest BCUT2D eigenvalue weighted by molar-refractivity contribution is 0.103. The minimum atomic E-state index is -0.980. The van der Waals surface area contributed by atoms with Gasteiger partial charge in [0.1, 0.15) is 11.6 Å². The van der Waals surface area contributed by atoms with Crippen molar-refractivity contribution in [2.45, 2.75) is 0 Å². The van der Waals surface area contributed by atoms with Crippen molar-refractivity contribution in [3.05, 3.63) is 68.2 Å². The highest BCUT2D eigenvalue weighted by Gasteiger charge is 2.23. The minimum absolute atomic E-state index is 0.0647. The standard InChI is InChI=1S/C13H5Cl3F2O/c14-6-4-7(15)11(8(16)5-6)13(19)12-9(17)2-1-3-10(12)18/h1-5H. The van der Waals surface area contributed by atoms with Crippen LogP contribution in [0.15, 0.2) is 30.3 Å². The van der Waals surface area contributed by atoms with Gasteiger partial charge in [0, 0.05) is 5.02 Å². The average Bonchev–Trinajstić information content (AvgIpc) is 2.26. The third kappa shape index (κ3) is 2.73. The maximum Gasteiger partial charge on any atom is 0.201 e. The van der Waals surface area contributed by atoms with E-state index in [1.807, 2.05) is 0 Å². The molecule has 2 rings (SSSR count). The van der Waals surface area contributed by atoms with Gasteiger partial charge in [0.25, 0.3) is 0 Å². The van der Waals surface area contributed by atoms with Crippen molar-refractivity contribution in [2.24, 2.45) is 0 Å². The number of benzene rings is 2. The van der Waals surface area contributed by atoms with Crippen molar-refractivity contribution in [1.29, 1.82) is 0 Å². The van der Waals surface area contributed by atoms with Crippen molar-refractivity contribution in [1.82, 2.24) is 0 Å². The smallest absolute Gasteiger partial charge is 0.201 e. The normalized spacial score (nSPS) is 10.6. The molecular formula is C13H5Cl3F2O. The molecule has 0 unspecified atom stereocenters. The molecule has 2 aromatic carbocycles. The van der Waals surface area contributed by atoms with Crippen molar-refractivity contribution in [3.8, 4) is 0 Å². The molecule has 0 aromatic heterocycles. The first-order valence-electron chi connectivity index (χ1n) is 5.05. The Morgan fingerprint density at radius 2 is 1.37 bits per heavy atom. The molecule has 0 spiro atoms. The Morgan fingerprint density at radius 1 is 0.895 bits per heavy atom. The zero-order valence-corrected chi connectivity index (χ0v) is 11.5. The van der Waals surface area contributed by atoms with Gasteiger partial charge in [0.15, 0.2) is 0 Å². The van der Waals surface area contributed by atoms with Gasteiger partial charge in [-0.25, -0.2) is 8.78 Å². The number of halogens is 5. The molecule has 0 fully saturated rings. The molecule has 0 heterocycles. The van der Waals surface area contributed by atoms with Crippen LogP contribution in [0.4, 0.5) is 8.78 Å². The number of hydrogen-bond donors (Lipinski definition) is 0. The van der Waals surface area contributed by atoms with Crippen LogP contribution in [0.3, 0.4) is 0 Å². The maximum atomic E-state index is 13.6. The molecule has 2 aromatic rings. The molecule has 98 valence electrons. The van der Waals surface area contributed by atoms with E-state index in [9.17, 15) is 13.6 Å². The quantitative estimate of drug-likeness (QED) is 0.699. The Balaban J connectivity index is 2.64. The van der Waals surface area contributed by atoms with Crippen molar-refractivity contribution in [2.75, 3.05) is 0 Å². The Bertz CT molecular complexity index is 628. The summed E-state index contributed by atoms with van der Waals surface area (Å²) in [6, 6.07) is 5.68. The van der Waals surface area contributed by atoms with Crippen molar-refractivity contribution < 1.29 is 13.6 Å². The van der Waals surface area contributed by atoms with Gasteiger partial charge in [-0.3, -0.25) is 4.79 Å². The molecule has 0 saturated carbocycles. The molecule has 6 heteroatoms. The Labute approximate surface area is 122 Å². The number of ketones is 1. The summed E-state index contributed by atoms with van der Waals surface area (Å²) in [7, 11) is 0. The third-order valence-corrected chi connectivity index (χ3v) is 3.24. The average molecular weight is 322 g/mol. The summed E-state index contributed by atoms with van der Waals surface area (Å²) < 4.78 is 27.1. The highest BCUT2D eigenvalue weighted by Crippen LogP contribution is 2.31. The van der Waals surface area contributed by atoms with Crippen LogP contribution in [-0.2, 0) is 0 Å². The third-order valence-electron chi connectivity index (χ3n) is 2.42. The van der Waals surface area contributed by atoms with Gasteiger partial charge in [-0.2, -0.15) is 0 Å². The van der Waals surface area contributed by atoms with E-state index < -0.39 is 23.0 Å². The second-order valence-corrected chi connectivity index (χ2v) is 4.92. The molecule has 0 aliphatic carbocycles. The van der Waals surface area contributed by atoms with Crippen LogP contribution < -0.4 is 0 Å². The van der Waals surface area contributed by atoms with E-state index in [2.05, 4.69) is 0 Å². The van der Waals surface area contributed by atoms with Crippen LogP contribution in [0, 0.1) is 11.6 Å². The number of hydrogen-bond acceptors (Lipinski definition) is 1. The lowest BCUT2D eigenvalue weighted by Gasteiger charge is -2.08. The molecule has 0 aliphatic rings. The van der Waals surface area contributed by atoms with E-state index in [4.69, 9.17) is 34.8 Å². The zero-order valence-electron chi connectivity index (χ0n) is 9.18. The van der Waals surface area contributed by atoms with Gasteiger partial charge in [-0.15, -0.1) is 0 Å². The zero-order chi connectivity index (χ0) is 14.2. The van der Waals surface area contributed by atoms with E-state index in [1.165, 1.54) is 12.1 Å². The summed E-state index contributed by atoms with van der Waals surface area (Å²) in [6.45, 7) is 0. The van der Waals surface area contributed by atoms with Gasteiger partial charge in [-0.05, 0) is 24.3 Å². The second kappa shape index (κ2) is 5.45. The Kier molecular flexibility index (Phi) is 4.09. The van der Waals surface area contributed by atoms with Crippen LogP contribution in [0.2, 0.25) is 15.1 Å². The van der Waals surface area contributed by atoms with Gasteiger partial charge in [0.05, 0.1) is 21.2 Å². The monoisotopic (exact) mass is 320 g/mol. The fraction of sp³-hybridized carbons (Fsp3) is 0. The fourth-order valence-corrected chi connectivity index (χ4v) is 2.59. The van der Waals surface area contributed by atoms with Crippen molar-refractivity contribution >= 4 is 40.6 Å². The first-order chi connectivity index (χ1) is 8.91. The van der Waals surface area contributed by atoms with E-state index in [0.717, 1.165) is 18.2 Å². The molecule has 0 N–H and O–H groups in total. The number of rotatable bonds is 2. The minimum Gasteiger partial charge on any atom is -0.288 e. The molecule has 0 radical (unpaired) electrons. The molecule has 0 bridgehead atoms. The van der Waals surface area contributed by atoms with E-state index in [1.54, 1.807) is 0 Å². The van der Waals surface area contributed by atoms with Gasteiger partial charge in [-0.1, -0.05) is 40.9 Å². The van der Waals surface area contributed by atoms with Gasteiger partial charge < -0.3 is 0 Å². The number of carbonyl (C=O) groups is 1. The lowest BCUT2D eigenvalue weighted by Crippen LogP contribution is -2.08. The topological polar surface area (TPSA) is 17.1 Å². The summed E-state index contributed by atoms with van der Waals surface area (Å²) in [5.74, 6) is -2.89. The number of carbonyl (C=O) groups excluding carboxylic acids is 1. The predicted molar refractivity (Wildman–Crippen MR) is 71.3 cm³/mol. The molecule has 0 aliphatic heterocycles. The summed E-state index contributed by atoms with van der Waals surface area (Å²) in [4.78, 5) is 12.1. The van der Waals surface area contributed by atoms with Crippen LogP contribution in [0.25, 0.3) is 0 Å². The summed E-state index contributed by atoms with van der Waals surface area (Å²) in [5.41, 5.74) is -0.884. The van der Waals surface area contributed by atoms with E-state index >= 15 is 0 Å². The van der Waals surface area contributed by atoms with E-state index in [-0.39, 0.29) is 20.6 Å². The van der Waals surface area contributed by atoms with Crippen LogP contribution >= 0.6 is 34.8 Å². The molecule has 0 saturated heterocycles. The summed E-state index contributed by atoms with van der Waals surface area (Å²) in [6.07, 6.45) is 0. The van der Waals surface area contributed by atoms with Crippen LogP contribution in [-0.4, -0.2) is 5.78 Å². The largest absolute Gasteiger partial charge is 0.288 e. The highest BCUT2D eigenvalue weighted by atomic mass is 35.5. The fourth-order valence-electron chi connectivity index (χ4n) is 1.60. The Morgan fingerprint density at radius 3 is 1.84 bits per heavy atom.